The van der Waals surface area contributed by atoms with Gasteiger partial charge in [0.25, 0.3) is 0 Å². The number of carbonyl (C=O) groups is 1. The molecule has 1 atom stereocenters. The van der Waals surface area contributed by atoms with Crippen molar-refractivity contribution in [1.82, 2.24) is 9.78 Å². The summed E-state index contributed by atoms with van der Waals surface area (Å²) in [5, 5.41) is 4.13. The van der Waals surface area contributed by atoms with Crippen LogP contribution >= 0.6 is 11.6 Å². The van der Waals surface area contributed by atoms with Crippen LogP contribution in [0, 0.1) is 0 Å². The van der Waals surface area contributed by atoms with Gasteiger partial charge in [0.05, 0.1) is 17.3 Å². The SMILES string of the molecule is CCCn1cc(N2CC(Cl)CC2=O)cn1. The van der Waals surface area contributed by atoms with Crippen LogP contribution in [-0.4, -0.2) is 27.6 Å². The van der Waals surface area contributed by atoms with E-state index < -0.39 is 0 Å². The van der Waals surface area contributed by atoms with E-state index in [-0.39, 0.29) is 11.3 Å². The third kappa shape index (κ3) is 2.15. The highest BCUT2D eigenvalue weighted by molar-refractivity contribution is 6.24. The molecule has 1 fully saturated rings. The second-order valence-electron chi connectivity index (χ2n) is 3.77. The van der Waals surface area contributed by atoms with Crippen molar-refractivity contribution in [1.29, 1.82) is 0 Å². The monoisotopic (exact) mass is 227 g/mol. The molecule has 1 saturated heterocycles. The minimum atomic E-state index is -0.0629. The Morgan fingerprint density at radius 3 is 3.07 bits per heavy atom. The molecular formula is C10H14ClN3O. The van der Waals surface area contributed by atoms with Crippen LogP contribution in [0.4, 0.5) is 5.69 Å². The molecule has 0 saturated carbocycles. The van der Waals surface area contributed by atoms with Crippen molar-refractivity contribution in [3.63, 3.8) is 0 Å². The molecule has 1 unspecified atom stereocenters. The van der Waals surface area contributed by atoms with Gasteiger partial charge in [0, 0.05) is 25.7 Å². The van der Waals surface area contributed by atoms with E-state index in [1.807, 2.05) is 10.9 Å². The average molecular weight is 228 g/mol. The number of aryl methyl sites for hydroxylation is 1. The summed E-state index contributed by atoms with van der Waals surface area (Å²) in [7, 11) is 0. The summed E-state index contributed by atoms with van der Waals surface area (Å²) in [6.07, 6.45) is 5.09. The molecule has 0 spiro atoms. The lowest BCUT2D eigenvalue weighted by Gasteiger charge is -2.12. The van der Waals surface area contributed by atoms with Gasteiger partial charge in [0.1, 0.15) is 0 Å². The normalized spacial score (nSPS) is 21.3. The number of halogens is 1. The summed E-state index contributed by atoms with van der Waals surface area (Å²) in [4.78, 5) is 13.3. The molecule has 1 aromatic heterocycles. The van der Waals surface area contributed by atoms with Gasteiger partial charge >= 0.3 is 0 Å². The molecule has 0 aliphatic carbocycles. The molecule has 15 heavy (non-hydrogen) atoms. The molecule has 5 heteroatoms. The number of rotatable bonds is 3. The van der Waals surface area contributed by atoms with E-state index in [4.69, 9.17) is 11.6 Å². The molecule has 1 aliphatic heterocycles. The third-order valence-electron chi connectivity index (χ3n) is 2.46. The smallest absolute Gasteiger partial charge is 0.228 e. The number of amides is 1. The van der Waals surface area contributed by atoms with Crippen LogP contribution in [0.3, 0.4) is 0 Å². The molecule has 2 rings (SSSR count). The number of hydrogen-bond acceptors (Lipinski definition) is 2. The van der Waals surface area contributed by atoms with Gasteiger partial charge in [-0.3, -0.25) is 9.48 Å². The van der Waals surface area contributed by atoms with Crippen molar-refractivity contribution < 1.29 is 4.79 Å². The first-order valence-corrected chi connectivity index (χ1v) is 5.61. The van der Waals surface area contributed by atoms with Crippen LogP contribution < -0.4 is 4.90 Å². The largest absolute Gasteiger partial charge is 0.308 e. The summed E-state index contributed by atoms with van der Waals surface area (Å²) >= 11 is 5.93. The van der Waals surface area contributed by atoms with Crippen molar-refractivity contribution in [3.05, 3.63) is 12.4 Å². The van der Waals surface area contributed by atoms with Gasteiger partial charge in [-0.2, -0.15) is 5.10 Å². The minimum absolute atomic E-state index is 0.0629. The molecule has 0 radical (unpaired) electrons. The van der Waals surface area contributed by atoms with Gasteiger partial charge in [-0.15, -0.1) is 11.6 Å². The number of anilines is 1. The van der Waals surface area contributed by atoms with Crippen LogP contribution in [-0.2, 0) is 11.3 Å². The van der Waals surface area contributed by atoms with Gasteiger partial charge in [0.2, 0.25) is 5.91 Å². The van der Waals surface area contributed by atoms with Crippen molar-refractivity contribution >= 4 is 23.2 Å². The predicted molar refractivity (Wildman–Crippen MR) is 59.1 cm³/mol. The fourth-order valence-electron chi connectivity index (χ4n) is 1.76. The number of hydrogen-bond donors (Lipinski definition) is 0. The van der Waals surface area contributed by atoms with Crippen molar-refractivity contribution in [2.45, 2.75) is 31.7 Å². The lowest BCUT2D eigenvalue weighted by molar-refractivity contribution is -0.117. The van der Waals surface area contributed by atoms with Crippen LogP contribution in [0.25, 0.3) is 0 Å². The van der Waals surface area contributed by atoms with Gasteiger partial charge in [-0.25, -0.2) is 0 Å². The second-order valence-corrected chi connectivity index (χ2v) is 4.38. The lowest BCUT2D eigenvalue weighted by Crippen LogP contribution is -2.24. The number of aromatic nitrogens is 2. The van der Waals surface area contributed by atoms with E-state index in [1.54, 1.807) is 11.1 Å². The quantitative estimate of drug-likeness (QED) is 0.737. The fraction of sp³-hybridized carbons (Fsp3) is 0.600. The molecule has 1 amide bonds. The van der Waals surface area contributed by atoms with Crippen LogP contribution in [0.1, 0.15) is 19.8 Å². The maximum atomic E-state index is 11.6. The van der Waals surface area contributed by atoms with E-state index in [0.29, 0.717) is 13.0 Å². The van der Waals surface area contributed by atoms with Crippen LogP contribution in [0.2, 0.25) is 0 Å². The first-order valence-electron chi connectivity index (χ1n) is 5.17. The molecule has 1 aromatic rings. The Hall–Kier alpha value is -1.03. The summed E-state index contributed by atoms with van der Waals surface area (Å²) in [6, 6.07) is 0. The summed E-state index contributed by atoms with van der Waals surface area (Å²) in [6.45, 7) is 3.57. The van der Waals surface area contributed by atoms with Gasteiger partial charge in [0.15, 0.2) is 0 Å². The molecule has 4 nitrogen and oxygen atoms in total. The lowest BCUT2D eigenvalue weighted by atomic mass is 10.4. The Bertz CT molecular complexity index is 363. The summed E-state index contributed by atoms with van der Waals surface area (Å²) in [5.74, 6) is 0.0889. The Morgan fingerprint density at radius 2 is 2.47 bits per heavy atom. The Kier molecular flexibility index (Phi) is 2.95. The van der Waals surface area contributed by atoms with Gasteiger partial charge in [-0.1, -0.05) is 6.92 Å². The second kappa shape index (κ2) is 4.23. The zero-order chi connectivity index (χ0) is 10.8. The van der Waals surface area contributed by atoms with Crippen molar-refractivity contribution in [2.75, 3.05) is 11.4 Å². The zero-order valence-corrected chi connectivity index (χ0v) is 9.44. The average Bonchev–Trinajstić information content (AvgIpc) is 2.73. The van der Waals surface area contributed by atoms with E-state index in [2.05, 4.69) is 12.0 Å². The minimum Gasteiger partial charge on any atom is -0.308 e. The Labute approximate surface area is 93.8 Å². The zero-order valence-electron chi connectivity index (χ0n) is 8.69. The predicted octanol–water partition coefficient (Wildman–Crippen LogP) is 1.64. The van der Waals surface area contributed by atoms with Crippen molar-refractivity contribution in [2.24, 2.45) is 0 Å². The van der Waals surface area contributed by atoms with Gasteiger partial charge < -0.3 is 4.90 Å². The number of alkyl halides is 1. The number of carbonyl (C=O) groups excluding carboxylic acids is 1. The summed E-state index contributed by atoms with van der Waals surface area (Å²) < 4.78 is 1.85. The Balaban J connectivity index is 2.12. The highest BCUT2D eigenvalue weighted by Gasteiger charge is 2.29. The topological polar surface area (TPSA) is 38.1 Å². The maximum Gasteiger partial charge on any atom is 0.228 e. The fourth-order valence-corrected chi connectivity index (χ4v) is 2.03. The first kappa shape index (κ1) is 10.5. The highest BCUT2D eigenvalue weighted by Crippen LogP contribution is 2.23. The third-order valence-corrected chi connectivity index (χ3v) is 2.75. The highest BCUT2D eigenvalue weighted by atomic mass is 35.5. The summed E-state index contributed by atoms with van der Waals surface area (Å²) in [5.41, 5.74) is 0.858. The molecule has 2 heterocycles. The van der Waals surface area contributed by atoms with Crippen LogP contribution in [0.5, 0.6) is 0 Å². The molecular weight excluding hydrogens is 214 g/mol. The maximum absolute atomic E-state index is 11.6. The number of nitrogens with zero attached hydrogens (tertiary/aromatic N) is 3. The van der Waals surface area contributed by atoms with E-state index in [9.17, 15) is 4.79 Å². The van der Waals surface area contributed by atoms with E-state index in [1.165, 1.54) is 0 Å². The van der Waals surface area contributed by atoms with E-state index >= 15 is 0 Å². The van der Waals surface area contributed by atoms with E-state index in [0.717, 1.165) is 18.7 Å². The first-order chi connectivity index (χ1) is 7.20. The molecule has 1 aliphatic rings. The molecule has 0 aromatic carbocycles. The molecule has 0 bridgehead atoms. The molecule has 0 N–H and O–H groups in total. The van der Waals surface area contributed by atoms with Crippen LogP contribution in [0.15, 0.2) is 12.4 Å². The standard InChI is InChI=1S/C10H14ClN3O/c1-2-3-13-7-9(5-12-13)14-6-8(11)4-10(14)15/h5,7-8H,2-4,6H2,1H3. The van der Waals surface area contributed by atoms with Crippen molar-refractivity contribution in [3.8, 4) is 0 Å². The molecule has 82 valence electrons. The Morgan fingerprint density at radius 1 is 1.67 bits per heavy atom. The van der Waals surface area contributed by atoms with Gasteiger partial charge in [-0.05, 0) is 6.42 Å².